The molecule has 15 heavy (non-hydrogen) atoms. The summed E-state index contributed by atoms with van der Waals surface area (Å²) in [5.74, 6) is 0. The van der Waals surface area contributed by atoms with Crippen LogP contribution in [0.1, 0.15) is 5.69 Å². The maximum Gasteiger partial charge on any atom is 0.257 e. The van der Waals surface area contributed by atoms with Crippen molar-refractivity contribution in [3.05, 3.63) is 29.0 Å². The van der Waals surface area contributed by atoms with Crippen LogP contribution in [-0.4, -0.2) is 17.8 Å². The summed E-state index contributed by atoms with van der Waals surface area (Å²) in [5.41, 5.74) is 1.17. The fourth-order valence-electron chi connectivity index (χ4n) is 1.44. The molecule has 80 valence electrons. The predicted octanol–water partition coefficient (Wildman–Crippen LogP) is 0.944. The summed E-state index contributed by atoms with van der Waals surface area (Å²) in [5, 5.41) is 4.79. The molecule has 0 amide bonds. The highest BCUT2D eigenvalue weighted by Crippen LogP contribution is 2.22. The number of fused-ring (bicyclic) bond motifs is 1. The first-order chi connectivity index (χ1) is 6.91. The Morgan fingerprint density at radius 2 is 2.13 bits per heavy atom. The van der Waals surface area contributed by atoms with Crippen LogP contribution in [0.2, 0.25) is 5.15 Å². The lowest BCUT2D eigenvalue weighted by Gasteiger charge is -2.02. The fraction of sp³-hybridized carbons (Fsp3) is 0.125. The van der Waals surface area contributed by atoms with E-state index in [1.54, 1.807) is 25.1 Å². The van der Waals surface area contributed by atoms with Crippen LogP contribution in [0, 0.1) is 6.92 Å². The Bertz CT molecular complexity index is 633. The Hall–Kier alpha value is -1.11. The summed E-state index contributed by atoms with van der Waals surface area (Å²) in [6.45, 7) is 1.75. The number of pyridine rings is 1. The van der Waals surface area contributed by atoms with E-state index in [0.29, 0.717) is 11.3 Å². The molecular weight excluding hydrogens is 238 g/mol. The molecule has 0 aliphatic heterocycles. The zero-order valence-electron chi connectivity index (χ0n) is 7.81. The minimum Gasteiger partial charge on any atom is -0.285 e. The van der Waals surface area contributed by atoms with E-state index < -0.39 is 10.0 Å². The van der Waals surface area contributed by atoms with Gasteiger partial charge in [-0.25, -0.2) is 18.5 Å². The lowest BCUT2D eigenvalue weighted by molar-refractivity contribution is 0.592. The standard InChI is InChI=1S/C8H8ClN3O2S/c1-5-3-2-4-6-11-7(9)8(12(5)6)15(10,13)14/h2-4H,1H3,(H2,10,13,14). The van der Waals surface area contributed by atoms with Gasteiger partial charge in [-0.05, 0) is 19.1 Å². The highest BCUT2D eigenvalue weighted by molar-refractivity contribution is 7.89. The van der Waals surface area contributed by atoms with Crippen LogP contribution in [-0.2, 0) is 10.0 Å². The van der Waals surface area contributed by atoms with Gasteiger partial charge in [-0.15, -0.1) is 0 Å². The number of nitrogens with zero attached hydrogens (tertiary/aromatic N) is 2. The normalized spacial score (nSPS) is 12.2. The predicted molar refractivity (Wildman–Crippen MR) is 56.3 cm³/mol. The third-order valence-electron chi connectivity index (χ3n) is 2.03. The summed E-state index contributed by atoms with van der Waals surface area (Å²) in [6, 6.07) is 5.17. The van der Waals surface area contributed by atoms with Crippen LogP contribution in [0.15, 0.2) is 23.2 Å². The number of hydrogen-bond acceptors (Lipinski definition) is 3. The van der Waals surface area contributed by atoms with Gasteiger partial charge >= 0.3 is 0 Å². The lowest BCUT2D eigenvalue weighted by Crippen LogP contribution is -2.15. The van der Waals surface area contributed by atoms with Gasteiger partial charge in [0.15, 0.2) is 10.2 Å². The molecule has 0 unspecified atom stereocenters. The monoisotopic (exact) mass is 245 g/mol. The van der Waals surface area contributed by atoms with Gasteiger partial charge in [0.2, 0.25) is 0 Å². The largest absolute Gasteiger partial charge is 0.285 e. The smallest absolute Gasteiger partial charge is 0.257 e. The first-order valence-electron chi connectivity index (χ1n) is 4.07. The Kier molecular flexibility index (Phi) is 2.22. The molecule has 0 saturated heterocycles. The van der Waals surface area contributed by atoms with Crippen LogP contribution in [0.5, 0.6) is 0 Å². The van der Waals surface area contributed by atoms with Gasteiger partial charge in [0.05, 0.1) is 0 Å². The fourth-order valence-corrected chi connectivity index (χ4v) is 2.71. The number of aryl methyl sites for hydroxylation is 1. The van der Waals surface area contributed by atoms with Crippen molar-refractivity contribution in [2.24, 2.45) is 5.14 Å². The number of nitrogens with two attached hydrogens (primary N) is 1. The topological polar surface area (TPSA) is 77.5 Å². The average molecular weight is 246 g/mol. The van der Waals surface area contributed by atoms with E-state index in [1.165, 1.54) is 4.40 Å². The molecule has 0 spiro atoms. The molecule has 2 heterocycles. The second kappa shape index (κ2) is 3.19. The number of rotatable bonds is 1. The second-order valence-electron chi connectivity index (χ2n) is 3.11. The summed E-state index contributed by atoms with van der Waals surface area (Å²) in [6.07, 6.45) is 0. The van der Waals surface area contributed by atoms with Crippen LogP contribution >= 0.6 is 11.6 Å². The molecule has 2 aromatic rings. The van der Waals surface area contributed by atoms with Crippen molar-refractivity contribution in [2.45, 2.75) is 11.9 Å². The molecule has 0 saturated carbocycles. The Morgan fingerprint density at radius 3 is 2.73 bits per heavy atom. The van der Waals surface area contributed by atoms with Crippen LogP contribution in [0.25, 0.3) is 5.65 Å². The van der Waals surface area contributed by atoms with Crippen molar-refractivity contribution in [1.29, 1.82) is 0 Å². The molecule has 5 nitrogen and oxygen atoms in total. The molecule has 0 aromatic carbocycles. The molecule has 0 radical (unpaired) electrons. The van der Waals surface area contributed by atoms with Gasteiger partial charge in [0.25, 0.3) is 10.0 Å². The number of primary sulfonamides is 1. The zero-order chi connectivity index (χ0) is 11.2. The van der Waals surface area contributed by atoms with E-state index in [4.69, 9.17) is 16.7 Å². The highest BCUT2D eigenvalue weighted by atomic mass is 35.5. The van der Waals surface area contributed by atoms with Crippen molar-refractivity contribution < 1.29 is 8.42 Å². The summed E-state index contributed by atoms with van der Waals surface area (Å²) >= 11 is 5.73. The molecule has 2 rings (SSSR count). The quantitative estimate of drug-likeness (QED) is 0.812. The van der Waals surface area contributed by atoms with Gasteiger partial charge in [-0.3, -0.25) is 4.40 Å². The van der Waals surface area contributed by atoms with Crippen molar-refractivity contribution in [2.75, 3.05) is 0 Å². The summed E-state index contributed by atoms with van der Waals surface area (Å²) in [4.78, 5) is 3.91. The minimum absolute atomic E-state index is 0.105. The van der Waals surface area contributed by atoms with Crippen molar-refractivity contribution in [1.82, 2.24) is 9.38 Å². The summed E-state index contributed by atoms with van der Waals surface area (Å²) < 4.78 is 24.0. The summed E-state index contributed by atoms with van der Waals surface area (Å²) in [7, 11) is -3.87. The molecule has 2 aromatic heterocycles. The molecule has 0 fully saturated rings. The molecule has 7 heteroatoms. The Labute approximate surface area is 91.5 Å². The number of imidazole rings is 1. The maximum atomic E-state index is 11.3. The maximum absolute atomic E-state index is 11.3. The van der Waals surface area contributed by atoms with Crippen molar-refractivity contribution in [3.63, 3.8) is 0 Å². The van der Waals surface area contributed by atoms with Gasteiger partial charge in [-0.1, -0.05) is 17.7 Å². The third-order valence-corrected chi connectivity index (χ3v) is 3.32. The molecule has 0 aliphatic carbocycles. The van der Waals surface area contributed by atoms with Gasteiger partial charge in [0, 0.05) is 5.69 Å². The van der Waals surface area contributed by atoms with E-state index in [-0.39, 0.29) is 10.2 Å². The average Bonchev–Trinajstić information content (AvgIpc) is 2.41. The Morgan fingerprint density at radius 1 is 1.47 bits per heavy atom. The first kappa shape index (κ1) is 10.4. The number of sulfonamides is 1. The minimum atomic E-state index is -3.87. The van der Waals surface area contributed by atoms with E-state index in [1.807, 2.05) is 0 Å². The SMILES string of the molecule is Cc1cccc2nc(Cl)c(S(N)(=O)=O)n12. The lowest BCUT2D eigenvalue weighted by atomic mass is 10.4. The number of aromatic nitrogens is 2. The molecular formula is C8H8ClN3O2S. The number of hydrogen-bond donors (Lipinski definition) is 1. The molecule has 0 aliphatic rings. The van der Waals surface area contributed by atoms with E-state index in [9.17, 15) is 8.42 Å². The zero-order valence-corrected chi connectivity index (χ0v) is 9.38. The van der Waals surface area contributed by atoms with E-state index in [2.05, 4.69) is 4.98 Å². The van der Waals surface area contributed by atoms with Crippen LogP contribution in [0.3, 0.4) is 0 Å². The molecule has 0 bridgehead atoms. The molecule has 2 N–H and O–H groups in total. The van der Waals surface area contributed by atoms with Crippen LogP contribution < -0.4 is 5.14 Å². The molecule has 0 atom stereocenters. The van der Waals surface area contributed by atoms with Crippen LogP contribution in [0.4, 0.5) is 0 Å². The van der Waals surface area contributed by atoms with Gasteiger partial charge in [0.1, 0.15) is 5.65 Å². The van der Waals surface area contributed by atoms with E-state index >= 15 is 0 Å². The Balaban J connectivity index is 3.02. The van der Waals surface area contributed by atoms with Crippen molar-refractivity contribution >= 4 is 27.3 Å². The van der Waals surface area contributed by atoms with E-state index in [0.717, 1.165) is 0 Å². The van der Waals surface area contributed by atoms with Crippen molar-refractivity contribution in [3.8, 4) is 0 Å². The third kappa shape index (κ3) is 1.60. The van der Waals surface area contributed by atoms with Gasteiger partial charge < -0.3 is 0 Å². The number of halogens is 1. The first-order valence-corrected chi connectivity index (χ1v) is 6.00. The van der Waals surface area contributed by atoms with Gasteiger partial charge in [-0.2, -0.15) is 0 Å². The second-order valence-corrected chi connectivity index (χ2v) is 4.95. The highest BCUT2D eigenvalue weighted by Gasteiger charge is 2.21.